The molecule has 11 heteroatoms. The van der Waals surface area contributed by atoms with E-state index in [0.717, 1.165) is 44.2 Å². The van der Waals surface area contributed by atoms with Gasteiger partial charge in [-0.2, -0.15) is 0 Å². The fourth-order valence-electron chi connectivity index (χ4n) is 7.64. The number of nitrogens with zero attached hydrogens (tertiary/aromatic N) is 4. The largest absolute Gasteiger partial charge is 0.506 e. The van der Waals surface area contributed by atoms with Crippen molar-refractivity contribution in [1.29, 1.82) is 0 Å². The van der Waals surface area contributed by atoms with E-state index >= 15 is 0 Å². The second-order valence-corrected chi connectivity index (χ2v) is 14.5. The Morgan fingerprint density at radius 2 is 1.18 bits per heavy atom. The minimum absolute atomic E-state index is 0.0237. The number of anilines is 6. The van der Waals surface area contributed by atoms with Crippen LogP contribution < -0.4 is 31.9 Å². The summed E-state index contributed by atoms with van der Waals surface area (Å²) in [6, 6.07) is 38.2. The van der Waals surface area contributed by atoms with Gasteiger partial charge in [0, 0.05) is 76.7 Å². The molecule has 57 heavy (non-hydrogen) atoms. The third-order valence-corrected chi connectivity index (χ3v) is 10.3. The quantitative estimate of drug-likeness (QED) is 0.0522. The van der Waals surface area contributed by atoms with Crippen molar-refractivity contribution in [2.24, 2.45) is 0 Å². The molecule has 0 saturated carbocycles. The molecule has 9 rings (SSSR count). The highest BCUT2D eigenvalue weighted by Gasteiger charge is 2.36. The average molecular weight is 762 g/mol. The zero-order valence-corrected chi connectivity index (χ0v) is 32.1. The summed E-state index contributed by atoms with van der Waals surface area (Å²) in [5, 5.41) is 19.9. The Morgan fingerprint density at radius 1 is 0.579 bits per heavy atom. The second-order valence-electron chi connectivity index (χ2n) is 14.5. The minimum Gasteiger partial charge on any atom is -0.506 e. The zero-order valence-electron chi connectivity index (χ0n) is 32.1. The third kappa shape index (κ3) is 8.19. The molecule has 0 radical (unpaired) electrons. The van der Waals surface area contributed by atoms with Gasteiger partial charge in [0.1, 0.15) is 11.5 Å². The minimum atomic E-state index is 0.0237. The SMILES string of the molecule is CCN1CN(C)Cc2cc(O)c3c(c21)CN1CN3Cc2cc(C(=O)c3ccccc3)ccc21.Nc1ccc(C(=O)c2ccccc2)cc1.Nc1ccc(O)c(N)c1. The van der Waals surface area contributed by atoms with E-state index < -0.39 is 0 Å². The van der Waals surface area contributed by atoms with Crippen molar-refractivity contribution in [2.45, 2.75) is 26.6 Å². The molecule has 0 unspecified atom stereocenters. The van der Waals surface area contributed by atoms with Crippen LogP contribution >= 0.6 is 0 Å². The lowest BCUT2D eigenvalue weighted by Gasteiger charge is -2.47. The Balaban J connectivity index is 0.000000169. The lowest BCUT2D eigenvalue weighted by Crippen LogP contribution is -2.48. The highest BCUT2D eigenvalue weighted by molar-refractivity contribution is 6.10. The van der Waals surface area contributed by atoms with Crippen LogP contribution in [0.25, 0.3) is 0 Å². The van der Waals surface area contributed by atoms with Crippen LogP contribution in [-0.2, 0) is 19.6 Å². The number of aromatic hydroxyl groups is 2. The van der Waals surface area contributed by atoms with Gasteiger partial charge in [-0.3, -0.25) is 14.5 Å². The fraction of sp³-hybridized carbons (Fsp3) is 0.174. The molecule has 6 aromatic carbocycles. The van der Waals surface area contributed by atoms with E-state index in [1.165, 1.54) is 34.6 Å². The van der Waals surface area contributed by atoms with Gasteiger partial charge in [0.2, 0.25) is 0 Å². The lowest BCUT2D eigenvalue weighted by atomic mass is 9.93. The van der Waals surface area contributed by atoms with E-state index in [1.807, 2.05) is 66.7 Å². The number of hydrogen-bond donors (Lipinski definition) is 5. The zero-order chi connectivity index (χ0) is 40.2. The monoisotopic (exact) mass is 761 g/mol. The van der Waals surface area contributed by atoms with Crippen LogP contribution in [0.4, 0.5) is 34.1 Å². The summed E-state index contributed by atoms with van der Waals surface area (Å²) in [7, 11) is 2.12. The first-order valence-corrected chi connectivity index (χ1v) is 18.8. The molecule has 290 valence electrons. The van der Waals surface area contributed by atoms with Crippen LogP contribution in [0.1, 0.15) is 55.5 Å². The lowest BCUT2D eigenvalue weighted by molar-refractivity contribution is 0.103. The maximum absolute atomic E-state index is 13.0. The van der Waals surface area contributed by atoms with Crippen molar-refractivity contribution in [3.63, 3.8) is 0 Å². The van der Waals surface area contributed by atoms with E-state index in [2.05, 4.69) is 39.6 Å². The number of nitrogen functional groups attached to an aromatic ring is 3. The summed E-state index contributed by atoms with van der Waals surface area (Å²) in [5.41, 5.74) is 27.4. The van der Waals surface area contributed by atoms with E-state index in [1.54, 1.807) is 42.5 Å². The molecular formula is C46H47N7O4. The standard InChI is InChI=1S/C27H28N4O2.C13H11NO.C6H8N2O/c1-3-29-16-28(2)13-21-12-24(32)26-22(25(21)29)15-30-17-31(26)14-20-11-19(9-10-23(20)30)27(33)18-7-5-4-6-8-18;14-12-8-6-11(7-9-12)13(15)10-4-2-1-3-5-10;7-4-1-2-6(9)5(8)3-4/h4-12,32H,3,13-17H2,1-2H3;1-9H,14H2;1-3,9H,7-8H2. The molecule has 3 aliphatic heterocycles. The first-order chi connectivity index (χ1) is 27.5. The Bertz CT molecular complexity index is 2410. The summed E-state index contributed by atoms with van der Waals surface area (Å²) in [6.07, 6.45) is 0. The number of benzene rings is 6. The molecule has 11 nitrogen and oxygen atoms in total. The summed E-state index contributed by atoms with van der Waals surface area (Å²) < 4.78 is 0. The molecular weight excluding hydrogens is 715 g/mol. The predicted octanol–water partition coefficient (Wildman–Crippen LogP) is 7.21. The van der Waals surface area contributed by atoms with Crippen molar-refractivity contribution in [2.75, 3.05) is 58.8 Å². The number of phenols is 2. The van der Waals surface area contributed by atoms with Crippen molar-refractivity contribution in [1.82, 2.24) is 4.90 Å². The van der Waals surface area contributed by atoms with Gasteiger partial charge < -0.3 is 42.1 Å². The fourth-order valence-corrected chi connectivity index (χ4v) is 7.64. The van der Waals surface area contributed by atoms with Gasteiger partial charge in [0.25, 0.3) is 0 Å². The van der Waals surface area contributed by atoms with Gasteiger partial charge in [-0.15, -0.1) is 0 Å². The van der Waals surface area contributed by atoms with Crippen LogP contribution in [0.15, 0.2) is 127 Å². The van der Waals surface area contributed by atoms with Crippen molar-refractivity contribution in [3.05, 3.63) is 166 Å². The molecule has 0 aromatic heterocycles. The number of ketones is 2. The number of carbonyl (C=O) groups excluding carboxylic acids is 2. The number of carbonyl (C=O) groups is 2. The van der Waals surface area contributed by atoms with Gasteiger partial charge in [-0.1, -0.05) is 60.7 Å². The molecule has 0 atom stereocenters. The van der Waals surface area contributed by atoms with Crippen molar-refractivity contribution >= 4 is 45.7 Å². The Hall–Kier alpha value is -6.98. The molecule has 0 aliphatic carbocycles. The Labute approximate surface area is 332 Å². The number of rotatable bonds is 5. The number of nitrogens with two attached hydrogens (primary N) is 3. The Morgan fingerprint density at radius 3 is 1.79 bits per heavy atom. The maximum atomic E-state index is 13.0. The van der Waals surface area contributed by atoms with Gasteiger partial charge in [-0.25, -0.2) is 0 Å². The third-order valence-electron chi connectivity index (χ3n) is 10.3. The number of fused-ring (bicyclic) bond motifs is 8. The summed E-state index contributed by atoms with van der Waals surface area (Å²) in [6.45, 7) is 7.01. The average Bonchev–Trinajstić information content (AvgIpc) is 3.22. The van der Waals surface area contributed by atoms with Crippen molar-refractivity contribution < 1.29 is 19.8 Å². The van der Waals surface area contributed by atoms with E-state index in [9.17, 15) is 14.7 Å². The van der Waals surface area contributed by atoms with E-state index in [-0.39, 0.29) is 17.3 Å². The van der Waals surface area contributed by atoms with Gasteiger partial charge in [-0.05, 0) is 91.8 Å². The molecule has 0 amide bonds. The smallest absolute Gasteiger partial charge is 0.193 e. The molecule has 0 spiro atoms. The molecule has 8 N–H and O–H groups in total. The molecule has 3 heterocycles. The van der Waals surface area contributed by atoms with E-state index in [4.69, 9.17) is 22.3 Å². The normalized spacial score (nSPS) is 13.8. The molecule has 6 aromatic rings. The number of hydrogen-bond acceptors (Lipinski definition) is 11. The van der Waals surface area contributed by atoms with Crippen LogP contribution in [0, 0.1) is 0 Å². The van der Waals surface area contributed by atoms with Crippen LogP contribution in [0.5, 0.6) is 11.5 Å². The highest BCUT2D eigenvalue weighted by atomic mass is 16.3. The summed E-state index contributed by atoms with van der Waals surface area (Å²) >= 11 is 0. The number of phenolic OH excluding ortho intramolecular Hbond substituents is 2. The molecule has 0 saturated heterocycles. The maximum Gasteiger partial charge on any atom is 0.193 e. The highest BCUT2D eigenvalue weighted by Crippen LogP contribution is 2.48. The van der Waals surface area contributed by atoms with Crippen LogP contribution in [-0.4, -0.2) is 53.6 Å². The summed E-state index contributed by atoms with van der Waals surface area (Å²) in [4.78, 5) is 34.2. The van der Waals surface area contributed by atoms with Gasteiger partial charge >= 0.3 is 0 Å². The predicted molar refractivity (Wildman–Crippen MR) is 229 cm³/mol. The van der Waals surface area contributed by atoms with Gasteiger partial charge in [0.15, 0.2) is 11.6 Å². The second kappa shape index (κ2) is 16.4. The topological polar surface area (TPSA) is 166 Å². The van der Waals surface area contributed by atoms with Crippen LogP contribution in [0.3, 0.4) is 0 Å². The van der Waals surface area contributed by atoms with Crippen LogP contribution in [0.2, 0.25) is 0 Å². The molecule has 2 bridgehead atoms. The first kappa shape index (κ1) is 38.3. The summed E-state index contributed by atoms with van der Waals surface area (Å²) in [5.74, 6) is 0.494. The van der Waals surface area contributed by atoms with Crippen molar-refractivity contribution in [3.8, 4) is 11.5 Å². The molecule has 0 fully saturated rings. The Kier molecular flexibility index (Phi) is 11.0. The van der Waals surface area contributed by atoms with Gasteiger partial charge in [0.05, 0.1) is 24.7 Å². The van der Waals surface area contributed by atoms with E-state index in [0.29, 0.717) is 51.6 Å². The first-order valence-electron chi connectivity index (χ1n) is 18.8. The molecule has 3 aliphatic rings.